The van der Waals surface area contributed by atoms with Gasteiger partial charge in [0.15, 0.2) is 0 Å². The summed E-state index contributed by atoms with van der Waals surface area (Å²) in [5.41, 5.74) is 3.66. The lowest BCUT2D eigenvalue weighted by Gasteiger charge is -2.27. The lowest BCUT2D eigenvalue weighted by Crippen LogP contribution is -2.55. The Hall–Kier alpha value is -4.06. The van der Waals surface area contributed by atoms with E-state index in [0.29, 0.717) is 19.4 Å². The van der Waals surface area contributed by atoms with E-state index in [2.05, 4.69) is 28.8 Å². The molecule has 0 radical (unpaired) electrons. The molecule has 9 heteroatoms. The molecule has 1 aliphatic carbocycles. The largest absolute Gasteiger partial charge is 0.449 e. The number of hydrogen-bond acceptors (Lipinski definition) is 6. The minimum Gasteiger partial charge on any atom is -0.449 e. The molecule has 0 saturated carbocycles. The quantitative estimate of drug-likeness (QED) is 0.615. The van der Waals surface area contributed by atoms with Gasteiger partial charge in [-0.3, -0.25) is 4.79 Å². The number of nitrogens with one attached hydrogen (secondary N) is 2. The van der Waals surface area contributed by atoms with Gasteiger partial charge < -0.3 is 25.0 Å². The van der Waals surface area contributed by atoms with Crippen LogP contribution in [-0.4, -0.2) is 60.4 Å². The fourth-order valence-electron chi connectivity index (χ4n) is 4.85. The monoisotopic (exact) mass is 504 g/mol. The smallest absolute Gasteiger partial charge is 0.408 e. The van der Waals surface area contributed by atoms with Gasteiger partial charge in [-0.15, -0.1) is 0 Å². The van der Waals surface area contributed by atoms with Gasteiger partial charge in [0.05, 0.1) is 12.6 Å². The third kappa shape index (κ3) is 6.02. The van der Waals surface area contributed by atoms with Crippen molar-refractivity contribution in [3.8, 4) is 17.2 Å². The number of amides is 3. The van der Waals surface area contributed by atoms with Crippen LogP contribution < -0.4 is 10.6 Å². The Kier molecular flexibility index (Phi) is 7.67. The molecule has 1 fully saturated rings. The maximum atomic E-state index is 13.2. The fourth-order valence-corrected chi connectivity index (χ4v) is 4.85. The van der Waals surface area contributed by atoms with Gasteiger partial charge in [-0.2, -0.15) is 5.26 Å². The van der Waals surface area contributed by atoms with Crippen molar-refractivity contribution in [1.29, 1.82) is 5.26 Å². The van der Waals surface area contributed by atoms with Crippen molar-refractivity contribution in [3.63, 3.8) is 0 Å². The number of rotatable bonds is 6. The zero-order chi connectivity index (χ0) is 26.6. The summed E-state index contributed by atoms with van der Waals surface area (Å²) in [7, 11) is 0. The standard InChI is InChI=1S/C28H32N4O5/c1-28(2,3)37-27(35)31-24(25(33)32-14-8-9-18(32)15-29)16-30-26(34)36-17-23-21-12-6-4-10-19(21)20-11-5-7-13-22(20)23/h4-7,10-13,18,23-24H,8-9,14,16-17H2,1-3H3,(H,30,34)(H,31,35)/t18-,24-/m0/s1. The number of likely N-dealkylation sites (tertiary alicyclic amines) is 1. The first-order valence-corrected chi connectivity index (χ1v) is 12.5. The summed E-state index contributed by atoms with van der Waals surface area (Å²) >= 11 is 0. The van der Waals surface area contributed by atoms with Gasteiger partial charge in [-0.25, -0.2) is 9.59 Å². The van der Waals surface area contributed by atoms with E-state index in [1.54, 1.807) is 20.8 Å². The van der Waals surface area contributed by atoms with Crippen LogP contribution >= 0.6 is 0 Å². The highest BCUT2D eigenvalue weighted by atomic mass is 16.6. The number of alkyl carbamates (subject to hydrolysis) is 2. The molecule has 0 spiro atoms. The van der Waals surface area contributed by atoms with E-state index in [1.807, 2.05) is 36.4 Å². The van der Waals surface area contributed by atoms with Crippen molar-refractivity contribution in [2.24, 2.45) is 0 Å². The Balaban J connectivity index is 1.40. The van der Waals surface area contributed by atoms with Crippen molar-refractivity contribution in [1.82, 2.24) is 15.5 Å². The first kappa shape index (κ1) is 26.0. The van der Waals surface area contributed by atoms with Crippen molar-refractivity contribution < 1.29 is 23.9 Å². The van der Waals surface area contributed by atoms with Crippen LogP contribution in [0.5, 0.6) is 0 Å². The topological polar surface area (TPSA) is 121 Å². The first-order valence-electron chi connectivity index (χ1n) is 12.5. The molecule has 0 aromatic heterocycles. The van der Waals surface area contributed by atoms with E-state index >= 15 is 0 Å². The van der Waals surface area contributed by atoms with Gasteiger partial charge in [0.1, 0.15) is 24.3 Å². The molecule has 3 amide bonds. The lowest BCUT2D eigenvalue weighted by atomic mass is 9.98. The molecule has 4 rings (SSSR count). The van der Waals surface area contributed by atoms with Gasteiger partial charge in [0.2, 0.25) is 5.91 Å². The molecule has 2 aromatic carbocycles. The Morgan fingerprint density at radius 1 is 1.05 bits per heavy atom. The van der Waals surface area contributed by atoms with Crippen LogP contribution in [0.25, 0.3) is 11.1 Å². The third-order valence-corrected chi connectivity index (χ3v) is 6.47. The highest BCUT2D eigenvalue weighted by Gasteiger charge is 2.35. The van der Waals surface area contributed by atoms with E-state index in [-0.39, 0.29) is 19.1 Å². The third-order valence-electron chi connectivity index (χ3n) is 6.47. The minimum atomic E-state index is -1.11. The van der Waals surface area contributed by atoms with Gasteiger partial charge in [-0.05, 0) is 55.9 Å². The Bertz CT molecular complexity index is 1170. The summed E-state index contributed by atoms with van der Waals surface area (Å²) in [6.07, 6.45) is -0.221. The van der Waals surface area contributed by atoms with Crippen LogP contribution in [0.1, 0.15) is 50.7 Å². The van der Waals surface area contributed by atoms with E-state index in [1.165, 1.54) is 4.90 Å². The average Bonchev–Trinajstić information content (AvgIpc) is 3.46. The molecule has 2 aliphatic rings. The maximum Gasteiger partial charge on any atom is 0.408 e. The highest BCUT2D eigenvalue weighted by molar-refractivity contribution is 5.87. The normalized spacial score (nSPS) is 17.2. The highest BCUT2D eigenvalue weighted by Crippen LogP contribution is 2.44. The Morgan fingerprint density at radius 2 is 1.68 bits per heavy atom. The van der Waals surface area contributed by atoms with Crippen LogP contribution in [0.15, 0.2) is 48.5 Å². The molecule has 194 valence electrons. The molecular formula is C28H32N4O5. The second-order valence-electron chi connectivity index (χ2n) is 10.2. The number of benzene rings is 2. The zero-order valence-corrected chi connectivity index (χ0v) is 21.3. The molecule has 1 saturated heterocycles. The number of hydrogen-bond donors (Lipinski definition) is 2. The summed E-state index contributed by atoms with van der Waals surface area (Å²) in [6, 6.07) is 16.5. The Morgan fingerprint density at radius 3 is 2.27 bits per heavy atom. The SMILES string of the molecule is CC(C)(C)OC(=O)N[C@@H](CNC(=O)OCC1c2ccccc2-c2ccccc21)C(=O)N1CCC[C@H]1C#N. The molecule has 37 heavy (non-hydrogen) atoms. The first-order chi connectivity index (χ1) is 17.7. The maximum absolute atomic E-state index is 13.2. The van der Waals surface area contributed by atoms with E-state index in [0.717, 1.165) is 22.3 Å². The van der Waals surface area contributed by atoms with Crippen molar-refractivity contribution in [3.05, 3.63) is 59.7 Å². The number of ether oxygens (including phenoxy) is 2. The van der Waals surface area contributed by atoms with Crippen LogP contribution in [0.4, 0.5) is 9.59 Å². The van der Waals surface area contributed by atoms with Crippen LogP contribution in [-0.2, 0) is 14.3 Å². The Labute approximate surface area is 216 Å². The number of nitrogens with zero attached hydrogens (tertiary/aromatic N) is 2. The van der Waals surface area contributed by atoms with E-state index < -0.39 is 35.8 Å². The zero-order valence-electron chi connectivity index (χ0n) is 21.3. The molecule has 1 heterocycles. The molecule has 0 bridgehead atoms. The minimum absolute atomic E-state index is 0.101. The van der Waals surface area contributed by atoms with Crippen molar-refractivity contribution in [2.45, 2.75) is 57.2 Å². The van der Waals surface area contributed by atoms with E-state index in [4.69, 9.17) is 9.47 Å². The lowest BCUT2D eigenvalue weighted by molar-refractivity contribution is -0.133. The molecule has 2 atom stereocenters. The molecule has 1 aliphatic heterocycles. The van der Waals surface area contributed by atoms with E-state index in [9.17, 15) is 19.6 Å². The molecule has 2 N–H and O–H groups in total. The summed E-state index contributed by atoms with van der Waals surface area (Å²) in [6.45, 7) is 5.47. The molecule has 2 aromatic rings. The van der Waals surface area contributed by atoms with Crippen LogP contribution in [0.2, 0.25) is 0 Å². The average molecular weight is 505 g/mol. The van der Waals surface area contributed by atoms with Gasteiger partial charge in [-0.1, -0.05) is 48.5 Å². The summed E-state index contributed by atoms with van der Waals surface area (Å²) in [4.78, 5) is 39.7. The van der Waals surface area contributed by atoms with Gasteiger partial charge in [0, 0.05) is 12.5 Å². The number of nitriles is 1. The second kappa shape index (κ2) is 10.9. The van der Waals surface area contributed by atoms with Gasteiger partial charge in [0.25, 0.3) is 0 Å². The predicted molar refractivity (Wildman–Crippen MR) is 137 cm³/mol. The number of carbonyl (C=O) groups is 3. The summed E-state index contributed by atoms with van der Waals surface area (Å²) < 4.78 is 10.8. The van der Waals surface area contributed by atoms with Crippen LogP contribution in [0.3, 0.4) is 0 Å². The van der Waals surface area contributed by atoms with Crippen molar-refractivity contribution in [2.75, 3.05) is 19.7 Å². The van der Waals surface area contributed by atoms with Gasteiger partial charge >= 0.3 is 12.2 Å². The van der Waals surface area contributed by atoms with Crippen molar-refractivity contribution >= 4 is 18.1 Å². The number of carbonyl (C=O) groups excluding carboxylic acids is 3. The number of fused-ring (bicyclic) bond motifs is 3. The summed E-state index contributed by atoms with van der Waals surface area (Å²) in [5, 5.41) is 14.5. The predicted octanol–water partition coefficient (Wildman–Crippen LogP) is 3.93. The fraction of sp³-hybridized carbons (Fsp3) is 0.429. The second-order valence-corrected chi connectivity index (χ2v) is 10.2. The molecule has 9 nitrogen and oxygen atoms in total. The molecule has 0 unspecified atom stereocenters. The summed E-state index contributed by atoms with van der Waals surface area (Å²) in [5.74, 6) is -0.551. The van der Waals surface area contributed by atoms with Crippen LogP contribution in [0, 0.1) is 11.3 Å². The molecular weight excluding hydrogens is 472 g/mol.